The zero-order chi connectivity index (χ0) is 14.9. The maximum Gasteiger partial charge on any atom is 0.165 e. The predicted molar refractivity (Wildman–Crippen MR) is 83.2 cm³/mol. The first-order valence-electron chi connectivity index (χ1n) is 7.69. The fourth-order valence-electron chi connectivity index (χ4n) is 3.31. The summed E-state index contributed by atoms with van der Waals surface area (Å²) in [6.07, 6.45) is 0.328. The van der Waals surface area contributed by atoms with Crippen molar-refractivity contribution in [1.29, 1.82) is 0 Å². The Morgan fingerprint density at radius 3 is 2.86 bits per heavy atom. The highest BCUT2D eigenvalue weighted by Gasteiger charge is 2.30. The highest BCUT2D eigenvalue weighted by Crippen LogP contribution is 2.35. The number of para-hydroxylation sites is 1. The average Bonchev–Trinajstić information content (AvgIpc) is 2.88. The molecule has 0 saturated carbocycles. The summed E-state index contributed by atoms with van der Waals surface area (Å²) in [6, 6.07) is 14.1. The van der Waals surface area contributed by atoms with Crippen LogP contribution in [0.3, 0.4) is 0 Å². The third-order valence-corrected chi connectivity index (χ3v) is 4.36. The van der Waals surface area contributed by atoms with Gasteiger partial charge in [0.1, 0.15) is 13.2 Å². The van der Waals surface area contributed by atoms with Gasteiger partial charge in [0.2, 0.25) is 0 Å². The highest BCUT2D eigenvalue weighted by molar-refractivity contribution is 5.47. The topological polar surface area (TPSA) is 50.7 Å². The van der Waals surface area contributed by atoms with Crippen molar-refractivity contribution in [3.63, 3.8) is 0 Å². The maximum absolute atomic E-state index is 10.3. The van der Waals surface area contributed by atoms with E-state index >= 15 is 0 Å². The molecule has 0 fully saturated rings. The summed E-state index contributed by atoms with van der Waals surface area (Å²) < 4.78 is 11.3. The Morgan fingerprint density at radius 1 is 1.05 bits per heavy atom. The van der Waals surface area contributed by atoms with Crippen LogP contribution in [0.2, 0.25) is 0 Å². The fraction of sp³-hybridized carbons (Fsp3) is 0.333. The van der Waals surface area contributed by atoms with Crippen molar-refractivity contribution in [1.82, 2.24) is 5.32 Å². The molecule has 4 nitrogen and oxygen atoms in total. The SMILES string of the molecule is O[C@@H]1Cc2ccccc2[C@@H]1NCc1cccc2c1OCCO2. The average molecular weight is 297 g/mol. The lowest BCUT2D eigenvalue weighted by atomic mass is 10.1. The first-order chi connectivity index (χ1) is 10.8. The van der Waals surface area contributed by atoms with Crippen LogP contribution in [0, 0.1) is 0 Å². The van der Waals surface area contributed by atoms with Gasteiger partial charge >= 0.3 is 0 Å². The van der Waals surface area contributed by atoms with Crippen molar-refractivity contribution >= 4 is 0 Å². The lowest BCUT2D eigenvalue weighted by Gasteiger charge is -2.23. The molecule has 2 aromatic carbocycles. The second-order valence-corrected chi connectivity index (χ2v) is 5.77. The molecule has 0 radical (unpaired) electrons. The van der Waals surface area contributed by atoms with E-state index in [1.807, 2.05) is 30.3 Å². The van der Waals surface area contributed by atoms with Crippen LogP contribution in [0.4, 0.5) is 0 Å². The van der Waals surface area contributed by atoms with Gasteiger partial charge in [0.05, 0.1) is 12.1 Å². The number of aliphatic hydroxyl groups excluding tert-OH is 1. The van der Waals surface area contributed by atoms with Gasteiger partial charge in [0, 0.05) is 18.5 Å². The number of rotatable bonds is 3. The number of ether oxygens (including phenoxy) is 2. The summed E-state index contributed by atoms with van der Waals surface area (Å²) in [6.45, 7) is 1.82. The van der Waals surface area contributed by atoms with Gasteiger partial charge in [-0.3, -0.25) is 0 Å². The van der Waals surface area contributed by atoms with E-state index in [4.69, 9.17) is 9.47 Å². The van der Waals surface area contributed by atoms with Gasteiger partial charge in [-0.25, -0.2) is 0 Å². The smallest absolute Gasteiger partial charge is 0.165 e. The van der Waals surface area contributed by atoms with Crippen LogP contribution in [0.25, 0.3) is 0 Å². The van der Waals surface area contributed by atoms with Crippen LogP contribution in [-0.2, 0) is 13.0 Å². The number of hydrogen-bond donors (Lipinski definition) is 2. The number of benzene rings is 2. The first-order valence-corrected chi connectivity index (χ1v) is 7.69. The Hall–Kier alpha value is -2.04. The number of nitrogens with one attached hydrogen (secondary N) is 1. The Balaban J connectivity index is 1.54. The van der Waals surface area contributed by atoms with Gasteiger partial charge < -0.3 is 19.9 Å². The molecule has 0 aromatic heterocycles. The monoisotopic (exact) mass is 297 g/mol. The van der Waals surface area contributed by atoms with Gasteiger partial charge in [-0.15, -0.1) is 0 Å². The predicted octanol–water partition coefficient (Wildman–Crippen LogP) is 2.21. The molecule has 4 rings (SSSR count). The van der Waals surface area contributed by atoms with Crippen molar-refractivity contribution in [2.75, 3.05) is 13.2 Å². The van der Waals surface area contributed by atoms with Crippen molar-refractivity contribution in [3.8, 4) is 11.5 Å². The quantitative estimate of drug-likeness (QED) is 0.912. The molecule has 0 saturated heterocycles. The fourth-order valence-corrected chi connectivity index (χ4v) is 3.31. The molecule has 0 spiro atoms. The second kappa shape index (κ2) is 5.63. The normalized spacial score (nSPS) is 22.4. The molecule has 2 aliphatic rings. The summed E-state index contributed by atoms with van der Waals surface area (Å²) >= 11 is 0. The number of aliphatic hydroxyl groups is 1. The Bertz CT molecular complexity index is 686. The van der Waals surface area contributed by atoms with E-state index < -0.39 is 0 Å². The molecule has 0 amide bonds. The van der Waals surface area contributed by atoms with E-state index in [0.717, 1.165) is 17.1 Å². The molecule has 0 bridgehead atoms. The van der Waals surface area contributed by atoms with Crippen molar-refractivity contribution in [2.45, 2.75) is 25.1 Å². The molecule has 22 heavy (non-hydrogen) atoms. The second-order valence-electron chi connectivity index (χ2n) is 5.77. The summed E-state index contributed by atoms with van der Waals surface area (Å²) in [5.74, 6) is 1.62. The highest BCUT2D eigenvalue weighted by atomic mass is 16.6. The van der Waals surface area contributed by atoms with E-state index in [9.17, 15) is 5.11 Å². The van der Waals surface area contributed by atoms with Crippen LogP contribution in [-0.4, -0.2) is 24.4 Å². The number of hydrogen-bond acceptors (Lipinski definition) is 4. The number of fused-ring (bicyclic) bond motifs is 2. The Kier molecular flexibility index (Phi) is 3.48. The van der Waals surface area contributed by atoms with E-state index in [1.165, 1.54) is 11.1 Å². The lowest BCUT2D eigenvalue weighted by Crippen LogP contribution is -2.29. The lowest BCUT2D eigenvalue weighted by molar-refractivity contribution is 0.139. The Labute approximate surface area is 129 Å². The molecule has 1 aliphatic heterocycles. The zero-order valence-electron chi connectivity index (χ0n) is 12.3. The van der Waals surface area contributed by atoms with E-state index in [2.05, 4.69) is 17.4 Å². The van der Waals surface area contributed by atoms with Gasteiger partial charge in [0.15, 0.2) is 11.5 Å². The molecule has 2 N–H and O–H groups in total. The van der Waals surface area contributed by atoms with Crippen LogP contribution in [0.15, 0.2) is 42.5 Å². The Morgan fingerprint density at radius 2 is 1.91 bits per heavy atom. The summed E-state index contributed by atoms with van der Waals surface area (Å²) in [4.78, 5) is 0. The molecule has 2 atom stereocenters. The van der Waals surface area contributed by atoms with Crippen LogP contribution >= 0.6 is 0 Å². The molecule has 0 unspecified atom stereocenters. The van der Waals surface area contributed by atoms with Gasteiger partial charge in [-0.1, -0.05) is 36.4 Å². The van der Waals surface area contributed by atoms with Crippen molar-refractivity contribution in [3.05, 3.63) is 59.2 Å². The zero-order valence-corrected chi connectivity index (χ0v) is 12.3. The summed E-state index contributed by atoms with van der Waals surface area (Å²) in [5.41, 5.74) is 3.48. The van der Waals surface area contributed by atoms with Gasteiger partial charge in [-0.2, -0.15) is 0 Å². The van der Waals surface area contributed by atoms with E-state index in [0.29, 0.717) is 26.2 Å². The van der Waals surface area contributed by atoms with Crippen molar-refractivity contribution in [2.24, 2.45) is 0 Å². The molecular formula is C18H19NO3. The van der Waals surface area contributed by atoms with Crippen LogP contribution in [0.5, 0.6) is 11.5 Å². The first kappa shape index (κ1) is 13.6. The van der Waals surface area contributed by atoms with Crippen LogP contribution < -0.4 is 14.8 Å². The van der Waals surface area contributed by atoms with Crippen molar-refractivity contribution < 1.29 is 14.6 Å². The molecule has 4 heteroatoms. The minimum absolute atomic E-state index is 0.0310. The molecule has 2 aromatic rings. The maximum atomic E-state index is 10.3. The summed E-state index contributed by atoms with van der Waals surface area (Å²) in [7, 11) is 0. The third kappa shape index (κ3) is 2.34. The largest absolute Gasteiger partial charge is 0.486 e. The minimum atomic E-state index is -0.380. The van der Waals surface area contributed by atoms with Gasteiger partial charge in [0.25, 0.3) is 0 Å². The van der Waals surface area contributed by atoms with E-state index in [-0.39, 0.29) is 12.1 Å². The minimum Gasteiger partial charge on any atom is -0.486 e. The van der Waals surface area contributed by atoms with Crippen LogP contribution in [0.1, 0.15) is 22.7 Å². The molecular weight excluding hydrogens is 278 g/mol. The van der Waals surface area contributed by atoms with Gasteiger partial charge in [-0.05, 0) is 17.2 Å². The molecule has 114 valence electrons. The standard InChI is InChI=1S/C18H19NO3/c20-15-10-12-4-1-2-6-14(12)17(15)19-11-13-5-3-7-16-18(13)22-9-8-21-16/h1-7,15,17,19-20H,8-11H2/t15-,17+/m1/s1. The molecule has 1 heterocycles. The third-order valence-electron chi connectivity index (χ3n) is 4.36. The summed E-state index contributed by atoms with van der Waals surface area (Å²) in [5, 5.41) is 13.8. The van der Waals surface area contributed by atoms with E-state index in [1.54, 1.807) is 0 Å². The molecule has 1 aliphatic carbocycles.